The minimum absolute atomic E-state index is 0.357. The summed E-state index contributed by atoms with van der Waals surface area (Å²) in [5.41, 5.74) is 2.32. The summed E-state index contributed by atoms with van der Waals surface area (Å²) in [5, 5.41) is 7.41. The van der Waals surface area contributed by atoms with Crippen molar-refractivity contribution in [3.63, 3.8) is 0 Å². The largest absolute Gasteiger partial charge is 0.372 e. The Morgan fingerprint density at radius 3 is 3.00 bits per heavy atom. The molecule has 0 aliphatic carbocycles. The molecular weight excluding hydrogens is 264 g/mol. The summed E-state index contributed by atoms with van der Waals surface area (Å²) in [4.78, 5) is 11.4. The van der Waals surface area contributed by atoms with E-state index >= 15 is 0 Å². The Bertz CT molecular complexity index is 593. The van der Waals surface area contributed by atoms with Gasteiger partial charge in [-0.05, 0) is 26.3 Å². The third-order valence-corrected chi connectivity index (χ3v) is 4.01. The predicted molar refractivity (Wildman–Crippen MR) is 81.9 cm³/mol. The highest BCUT2D eigenvalue weighted by Crippen LogP contribution is 2.32. The first kappa shape index (κ1) is 14.0. The van der Waals surface area contributed by atoms with Crippen LogP contribution in [0.4, 0.5) is 5.82 Å². The second-order valence-corrected chi connectivity index (χ2v) is 5.41. The van der Waals surface area contributed by atoms with Crippen molar-refractivity contribution in [1.29, 1.82) is 0 Å². The highest BCUT2D eigenvalue weighted by atomic mass is 15.3. The van der Waals surface area contributed by atoms with E-state index in [9.17, 15) is 0 Å². The van der Waals surface area contributed by atoms with E-state index in [2.05, 4.69) is 38.4 Å². The molecule has 0 radical (unpaired) electrons. The molecule has 1 fully saturated rings. The summed E-state index contributed by atoms with van der Waals surface area (Å²) in [6.07, 6.45) is 10.1. The molecule has 21 heavy (non-hydrogen) atoms. The molecule has 3 rings (SSSR count). The van der Waals surface area contributed by atoms with Gasteiger partial charge in [0.2, 0.25) is 0 Å². The summed E-state index contributed by atoms with van der Waals surface area (Å²) >= 11 is 0. The number of aromatic nitrogens is 4. The summed E-state index contributed by atoms with van der Waals surface area (Å²) in [5.74, 6) is 0.832. The van der Waals surface area contributed by atoms with Gasteiger partial charge in [-0.3, -0.25) is 14.6 Å². The van der Waals surface area contributed by atoms with Crippen molar-refractivity contribution in [2.45, 2.75) is 38.9 Å². The normalized spacial score (nSPS) is 19.0. The van der Waals surface area contributed by atoms with Gasteiger partial charge in [-0.2, -0.15) is 5.10 Å². The molecule has 6 heteroatoms. The van der Waals surface area contributed by atoms with E-state index in [1.165, 1.54) is 12.0 Å². The van der Waals surface area contributed by atoms with E-state index in [1.807, 2.05) is 24.1 Å². The Hall–Kier alpha value is -1.95. The standard InChI is InChI=1S/C15H22N6/c1-3-21-11-12(7-18-21)10-20-6-4-5-14(20)13-8-17-9-15(16-2)19-13/h7-9,11,14H,3-6,10H2,1-2H3,(H,16,19). The van der Waals surface area contributed by atoms with Crippen LogP contribution in [0.1, 0.15) is 37.1 Å². The molecule has 2 aromatic heterocycles. The van der Waals surface area contributed by atoms with Gasteiger partial charge in [0.1, 0.15) is 5.82 Å². The number of anilines is 1. The summed E-state index contributed by atoms with van der Waals surface area (Å²) < 4.78 is 1.97. The fourth-order valence-electron chi connectivity index (χ4n) is 2.91. The molecule has 6 nitrogen and oxygen atoms in total. The lowest BCUT2D eigenvalue weighted by Crippen LogP contribution is -2.23. The van der Waals surface area contributed by atoms with Crippen molar-refractivity contribution < 1.29 is 0 Å². The summed E-state index contributed by atoms with van der Waals surface area (Å²) in [6, 6.07) is 0.357. The Morgan fingerprint density at radius 1 is 1.33 bits per heavy atom. The van der Waals surface area contributed by atoms with E-state index in [-0.39, 0.29) is 0 Å². The maximum absolute atomic E-state index is 4.65. The van der Waals surface area contributed by atoms with Gasteiger partial charge in [0.25, 0.3) is 0 Å². The fourth-order valence-corrected chi connectivity index (χ4v) is 2.91. The summed E-state index contributed by atoms with van der Waals surface area (Å²) in [7, 11) is 1.87. The molecule has 2 aromatic rings. The zero-order valence-corrected chi connectivity index (χ0v) is 12.7. The van der Waals surface area contributed by atoms with Crippen LogP contribution in [-0.4, -0.2) is 38.2 Å². The molecule has 1 atom stereocenters. The highest BCUT2D eigenvalue weighted by molar-refractivity contribution is 5.31. The third-order valence-electron chi connectivity index (χ3n) is 4.01. The third kappa shape index (κ3) is 3.05. The molecule has 1 N–H and O–H groups in total. The van der Waals surface area contributed by atoms with E-state index in [0.717, 1.165) is 37.6 Å². The van der Waals surface area contributed by atoms with Gasteiger partial charge in [-0.1, -0.05) is 0 Å². The van der Waals surface area contributed by atoms with Crippen molar-refractivity contribution >= 4 is 5.82 Å². The van der Waals surface area contributed by atoms with E-state index < -0.39 is 0 Å². The molecule has 1 saturated heterocycles. The number of hydrogen-bond donors (Lipinski definition) is 1. The van der Waals surface area contributed by atoms with Crippen LogP contribution in [0.5, 0.6) is 0 Å². The lowest BCUT2D eigenvalue weighted by atomic mass is 10.1. The molecule has 3 heterocycles. The average molecular weight is 286 g/mol. The smallest absolute Gasteiger partial charge is 0.144 e. The number of nitrogens with one attached hydrogen (secondary N) is 1. The molecule has 0 bridgehead atoms. The van der Waals surface area contributed by atoms with Crippen LogP contribution < -0.4 is 5.32 Å². The van der Waals surface area contributed by atoms with Gasteiger partial charge in [-0.25, -0.2) is 4.98 Å². The number of aryl methyl sites for hydroxylation is 1. The van der Waals surface area contributed by atoms with E-state index in [4.69, 9.17) is 0 Å². The van der Waals surface area contributed by atoms with Crippen LogP contribution in [0, 0.1) is 0 Å². The van der Waals surface area contributed by atoms with Crippen molar-refractivity contribution in [2.75, 3.05) is 18.9 Å². The molecule has 0 spiro atoms. The molecular formula is C15H22N6. The molecule has 1 unspecified atom stereocenters. The van der Waals surface area contributed by atoms with Crippen molar-refractivity contribution in [3.05, 3.63) is 36.0 Å². The van der Waals surface area contributed by atoms with Gasteiger partial charge in [0, 0.05) is 31.9 Å². The van der Waals surface area contributed by atoms with Crippen LogP contribution in [0.3, 0.4) is 0 Å². The molecule has 1 aliphatic rings. The lowest BCUT2D eigenvalue weighted by Gasteiger charge is -2.23. The first-order valence-electron chi connectivity index (χ1n) is 7.55. The van der Waals surface area contributed by atoms with Crippen LogP contribution in [0.15, 0.2) is 24.8 Å². The van der Waals surface area contributed by atoms with Crippen LogP contribution in [-0.2, 0) is 13.1 Å². The molecule has 0 aromatic carbocycles. The van der Waals surface area contributed by atoms with E-state index in [0.29, 0.717) is 6.04 Å². The average Bonchev–Trinajstić information content (AvgIpc) is 3.17. The first-order chi connectivity index (χ1) is 10.3. The Kier molecular flexibility index (Phi) is 4.15. The fraction of sp³-hybridized carbons (Fsp3) is 0.533. The van der Waals surface area contributed by atoms with Crippen LogP contribution >= 0.6 is 0 Å². The minimum Gasteiger partial charge on any atom is -0.372 e. The van der Waals surface area contributed by atoms with Gasteiger partial charge >= 0.3 is 0 Å². The Labute approximate surface area is 125 Å². The maximum atomic E-state index is 4.65. The SMILES string of the molecule is CCn1cc(CN2CCCC2c2cncc(NC)n2)cn1. The Morgan fingerprint density at radius 2 is 2.24 bits per heavy atom. The van der Waals surface area contributed by atoms with Gasteiger partial charge < -0.3 is 5.32 Å². The van der Waals surface area contributed by atoms with Crippen molar-refractivity contribution in [3.8, 4) is 0 Å². The zero-order chi connectivity index (χ0) is 14.7. The Balaban J connectivity index is 1.75. The number of rotatable bonds is 5. The summed E-state index contributed by atoms with van der Waals surface area (Å²) in [6.45, 7) is 5.05. The lowest BCUT2D eigenvalue weighted by molar-refractivity contribution is 0.244. The maximum Gasteiger partial charge on any atom is 0.144 e. The molecule has 0 amide bonds. The number of hydrogen-bond acceptors (Lipinski definition) is 5. The van der Waals surface area contributed by atoms with Crippen LogP contribution in [0.2, 0.25) is 0 Å². The second-order valence-electron chi connectivity index (χ2n) is 5.41. The predicted octanol–water partition coefficient (Wildman–Crippen LogP) is 2.07. The molecule has 0 saturated carbocycles. The molecule has 112 valence electrons. The molecule has 1 aliphatic heterocycles. The second kappa shape index (κ2) is 6.22. The van der Waals surface area contributed by atoms with Gasteiger partial charge in [0.15, 0.2) is 0 Å². The number of nitrogens with zero attached hydrogens (tertiary/aromatic N) is 5. The van der Waals surface area contributed by atoms with Gasteiger partial charge in [-0.15, -0.1) is 0 Å². The van der Waals surface area contributed by atoms with Gasteiger partial charge in [0.05, 0.1) is 30.3 Å². The minimum atomic E-state index is 0.357. The van der Waals surface area contributed by atoms with E-state index in [1.54, 1.807) is 6.20 Å². The quantitative estimate of drug-likeness (QED) is 0.912. The first-order valence-corrected chi connectivity index (χ1v) is 7.55. The zero-order valence-electron chi connectivity index (χ0n) is 12.7. The van der Waals surface area contributed by atoms with Crippen LogP contribution in [0.25, 0.3) is 0 Å². The monoisotopic (exact) mass is 286 g/mol. The van der Waals surface area contributed by atoms with Crippen molar-refractivity contribution in [2.24, 2.45) is 0 Å². The number of likely N-dealkylation sites (tertiary alicyclic amines) is 1. The van der Waals surface area contributed by atoms with Crippen molar-refractivity contribution in [1.82, 2.24) is 24.6 Å². The highest BCUT2D eigenvalue weighted by Gasteiger charge is 2.27. The topological polar surface area (TPSA) is 58.9 Å².